The van der Waals surface area contributed by atoms with E-state index < -0.39 is 0 Å². The molecule has 2 aliphatic rings. The van der Waals surface area contributed by atoms with Crippen LogP contribution in [0.3, 0.4) is 0 Å². The fourth-order valence-corrected chi connectivity index (χ4v) is 2.04. The van der Waals surface area contributed by atoms with Gasteiger partial charge in [0.05, 0.1) is 19.8 Å². The van der Waals surface area contributed by atoms with E-state index in [0.717, 1.165) is 5.76 Å². The zero-order valence-corrected chi connectivity index (χ0v) is 10.4. The zero-order valence-electron chi connectivity index (χ0n) is 10.4. The summed E-state index contributed by atoms with van der Waals surface area (Å²) in [5.41, 5.74) is 0. The molecule has 1 N–H and O–H groups in total. The summed E-state index contributed by atoms with van der Waals surface area (Å²) in [6, 6.07) is 4.29. The number of nitrogens with zero attached hydrogens (tertiary/aromatic N) is 1. The summed E-state index contributed by atoms with van der Waals surface area (Å²) in [6.07, 6.45) is 2.50. The molecule has 18 heavy (non-hydrogen) atoms. The van der Waals surface area contributed by atoms with Gasteiger partial charge in [-0.15, -0.1) is 0 Å². The molecule has 1 saturated heterocycles. The van der Waals surface area contributed by atoms with Gasteiger partial charge in [0.25, 0.3) is 5.91 Å². The molecule has 0 bridgehead atoms. The molecule has 0 aromatic carbocycles. The molecule has 1 saturated carbocycles. The van der Waals surface area contributed by atoms with Gasteiger partial charge in [-0.3, -0.25) is 4.79 Å². The lowest BCUT2D eigenvalue weighted by molar-refractivity contribution is 0.0281. The lowest BCUT2D eigenvalue weighted by Crippen LogP contribution is -2.40. The first-order chi connectivity index (χ1) is 8.83. The molecule has 0 radical (unpaired) electrons. The Labute approximate surface area is 106 Å². The monoisotopic (exact) mass is 250 g/mol. The third-order valence-corrected chi connectivity index (χ3v) is 3.31. The molecule has 2 heterocycles. The number of hydrogen-bond acceptors (Lipinski definition) is 4. The molecule has 1 aromatic heterocycles. The fraction of sp³-hybridized carbons (Fsp3) is 0.615. The highest BCUT2D eigenvalue weighted by Crippen LogP contribution is 2.20. The number of nitrogens with one attached hydrogen (secondary N) is 1. The molecule has 0 atom stereocenters. The van der Waals surface area contributed by atoms with Gasteiger partial charge < -0.3 is 19.4 Å². The first-order valence-electron chi connectivity index (χ1n) is 6.52. The summed E-state index contributed by atoms with van der Waals surface area (Å²) >= 11 is 0. The van der Waals surface area contributed by atoms with E-state index >= 15 is 0 Å². The van der Waals surface area contributed by atoms with Gasteiger partial charge in [-0.2, -0.15) is 0 Å². The number of morpholine rings is 1. The molecule has 1 aromatic rings. The lowest BCUT2D eigenvalue weighted by atomic mass is 10.3. The van der Waals surface area contributed by atoms with Crippen LogP contribution < -0.4 is 5.32 Å². The maximum Gasteiger partial charge on any atom is 0.289 e. The fourth-order valence-electron chi connectivity index (χ4n) is 2.04. The van der Waals surface area contributed by atoms with E-state index in [1.54, 1.807) is 11.0 Å². The maximum absolute atomic E-state index is 12.1. The second-order valence-corrected chi connectivity index (χ2v) is 4.83. The summed E-state index contributed by atoms with van der Waals surface area (Å²) in [5, 5.41) is 3.37. The maximum atomic E-state index is 12.1. The molecule has 5 nitrogen and oxygen atoms in total. The minimum absolute atomic E-state index is 0.0315. The Morgan fingerprint density at radius 1 is 1.33 bits per heavy atom. The van der Waals surface area contributed by atoms with Crippen molar-refractivity contribution in [1.82, 2.24) is 10.2 Å². The highest BCUT2D eigenvalue weighted by molar-refractivity contribution is 5.91. The van der Waals surface area contributed by atoms with Crippen molar-refractivity contribution in [3.05, 3.63) is 23.7 Å². The highest BCUT2D eigenvalue weighted by Gasteiger charge is 2.23. The van der Waals surface area contributed by atoms with E-state index in [2.05, 4.69) is 5.32 Å². The van der Waals surface area contributed by atoms with Crippen molar-refractivity contribution in [2.75, 3.05) is 26.3 Å². The topological polar surface area (TPSA) is 54.7 Å². The Bertz CT molecular complexity index is 420. The van der Waals surface area contributed by atoms with Crippen molar-refractivity contribution in [3.8, 4) is 0 Å². The average molecular weight is 250 g/mol. The van der Waals surface area contributed by atoms with Gasteiger partial charge in [-0.05, 0) is 25.0 Å². The van der Waals surface area contributed by atoms with Crippen molar-refractivity contribution in [2.45, 2.75) is 25.4 Å². The molecule has 98 valence electrons. The second-order valence-electron chi connectivity index (χ2n) is 4.83. The smallest absolute Gasteiger partial charge is 0.289 e. The van der Waals surface area contributed by atoms with E-state index in [0.29, 0.717) is 44.7 Å². The van der Waals surface area contributed by atoms with Gasteiger partial charge in [0.2, 0.25) is 0 Å². The van der Waals surface area contributed by atoms with Crippen LogP contribution in [0.1, 0.15) is 29.2 Å². The second kappa shape index (κ2) is 5.12. The molecular formula is C13H18N2O3. The molecule has 1 aliphatic carbocycles. The Morgan fingerprint density at radius 3 is 2.83 bits per heavy atom. The van der Waals surface area contributed by atoms with Crippen LogP contribution in [0, 0.1) is 0 Å². The number of ether oxygens (including phenoxy) is 1. The number of amides is 1. The van der Waals surface area contributed by atoms with Crippen LogP contribution in [-0.4, -0.2) is 43.2 Å². The number of carbonyl (C=O) groups is 1. The Hall–Kier alpha value is -1.33. The first-order valence-corrected chi connectivity index (χ1v) is 6.52. The summed E-state index contributed by atoms with van der Waals surface area (Å²) in [4.78, 5) is 13.9. The Kier molecular flexibility index (Phi) is 3.34. The average Bonchev–Trinajstić information content (AvgIpc) is 3.14. The minimum atomic E-state index is -0.0315. The van der Waals surface area contributed by atoms with E-state index in [1.165, 1.54) is 12.8 Å². The van der Waals surface area contributed by atoms with Crippen molar-refractivity contribution >= 4 is 5.91 Å². The SMILES string of the molecule is O=C(c1ccc(CNC2CC2)o1)N1CCOCC1. The normalized spacial score (nSPS) is 20.1. The van der Waals surface area contributed by atoms with Crippen LogP contribution in [0.4, 0.5) is 0 Å². The van der Waals surface area contributed by atoms with E-state index in [4.69, 9.17) is 9.15 Å². The lowest BCUT2D eigenvalue weighted by Gasteiger charge is -2.25. The molecule has 1 aliphatic heterocycles. The van der Waals surface area contributed by atoms with Gasteiger partial charge in [-0.1, -0.05) is 0 Å². The third-order valence-electron chi connectivity index (χ3n) is 3.31. The van der Waals surface area contributed by atoms with Crippen LogP contribution in [0.15, 0.2) is 16.5 Å². The molecule has 3 rings (SSSR count). The van der Waals surface area contributed by atoms with Crippen LogP contribution in [-0.2, 0) is 11.3 Å². The Balaban J connectivity index is 1.58. The summed E-state index contributed by atoms with van der Waals surface area (Å²) in [7, 11) is 0. The van der Waals surface area contributed by atoms with Crippen LogP contribution in [0.25, 0.3) is 0 Å². The largest absolute Gasteiger partial charge is 0.455 e. The predicted octanol–water partition coefficient (Wildman–Crippen LogP) is 1.00. The van der Waals surface area contributed by atoms with E-state index in [-0.39, 0.29) is 5.91 Å². The van der Waals surface area contributed by atoms with Crippen LogP contribution >= 0.6 is 0 Å². The number of hydrogen-bond donors (Lipinski definition) is 1. The van der Waals surface area contributed by atoms with E-state index in [9.17, 15) is 4.79 Å². The minimum Gasteiger partial charge on any atom is -0.455 e. The quantitative estimate of drug-likeness (QED) is 0.866. The summed E-state index contributed by atoms with van der Waals surface area (Å²) in [5.74, 6) is 1.24. The highest BCUT2D eigenvalue weighted by atomic mass is 16.5. The predicted molar refractivity (Wildman–Crippen MR) is 65.3 cm³/mol. The van der Waals surface area contributed by atoms with E-state index in [1.807, 2.05) is 6.07 Å². The van der Waals surface area contributed by atoms with Gasteiger partial charge in [0, 0.05) is 19.1 Å². The molecule has 1 amide bonds. The zero-order chi connectivity index (χ0) is 12.4. The van der Waals surface area contributed by atoms with Crippen molar-refractivity contribution in [2.24, 2.45) is 0 Å². The molecule has 0 unspecified atom stereocenters. The van der Waals surface area contributed by atoms with Gasteiger partial charge in [0.15, 0.2) is 5.76 Å². The summed E-state index contributed by atoms with van der Waals surface area (Å²) in [6.45, 7) is 3.23. The molecule has 5 heteroatoms. The molecular weight excluding hydrogens is 232 g/mol. The number of rotatable bonds is 4. The first kappa shape index (κ1) is 11.7. The van der Waals surface area contributed by atoms with Crippen molar-refractivity contribution < 1.29 is 13.9 Å². The van der Waals surface area contributed by atoms with Gasteiger partial charge in [0.1, 0.15) is 5.76 Å². The number of furan rings is 1. The molecule has 2 fully saturated rings. The standard InChI is InChI=1S/C13H18N2O3/c16-13(15-5-7-17-8-6-15)12-4-3-11(18-12)9-14-10-1-2-10/h3-4,10,14H,1-2,5-9H2. The summed E-state index contributed by atoms with van der Waals surface area (Å²) < 4.78 is 10.8. The van der Waals surface area contributed by atoms with Crippen molar-refractivity contribution in [3.63, 3.8) is 0 Å². The Morgan fingerprint density at radius 2 is 2.11 bits per heavy atom. The number of carbonyl (C=O) groups excluding carboxylic acids is 1. The van der Waals surface area contributed by atoms with Crippen molar-refractivity contribution in [1.29, 1.82) is 0 Å². The third kappa shape index (κ3) is 2.73. The van der Waals surface area contributed by atoms with Gasteiger partial charge >= 0.3 is 0 Å². The van der Waals surface area contributed by atoms with Crippen LogP contribution in [0.2, 0.25) is 0 Å². The van der Waals surface area contributed by atoms with Gasteiger partial charge in [-0.25, -0.2) is 0 Å². The van der Waals surface area contributed by atoms with Crippen LogP contribution in [0.5, 0.6) is 0 Å². The molecule has 0 spiro atoms.